The highest BCUT2D eigenvalue weighted by molar-refractivity contribution is 6.99. The summed E-state index contributed by atoms with van der Waals surface area (Å²) in [5, 5.41) is 29.8. The Labute approximate surface area is 218 Å². The molecule has 4 aliphatic rings. The van der Waals surface area contributed by atoms with Crippen molar-refractivity contribution in [3.63, 3.8) is 0 Å². The summed E-state index contributed by atoms with van der Waals surface area (Å²) in [6.45, 7) is 6.73. The monoisotopic (exact) mass is 521 g/mol. The van der Waals surface area contributed by atoms with E-state index >= 15 is 0 Å². The van der Waals surface area contributed by atoms with Gasteiger partial charge in [-0.1, -0.05) is 86.6 Å². The van der Waals surface area contributed by atoms with Crippen LogP contribution in [0.5, 0.6) is 0 Å². The number of carboxylic acid groups (broad SMARTS) is 1. The highest BCUT2D eigenvalue weighted by atomic mass is 28.4. The molecule has 0 aromatic heterocycles. The van der Waals surface area contributed by atoms with E-state index in [0.717, 1.165) is 0 Å². The van der Waals surface area contributed by atoms with Crippen LogP contribution < -0.4 is 21.0 Å². The lowest BCUT2D eigenvalue weighted by Gasteiger charge is -2.68. The molecule has 0 saturated heterocycles. The fraction of sp³-hybridized carbons (Fsp3) is 0.464. The van der Waals surface area contributed by atoms with Crippen LogP contribution in [0.15, 0.2) is 65.8 Å². The average Bonchev–Trinajstić information content (AvgIpc) is 2.79. The number of nitrogens with one attached hydrogen (secondary N) is 2. The van der Waals surface area contributed by atoms with Crippen molar-refractivity contribution in [3.05, 3.63) is 60.7 Å². The number of amidine groups is 1. The molecule has 37 heavy (non-hydrogen) atoms. The third kappa shape index (κ3) is 4.23. The third-order valence-electron chi connectivity index (χ3n) is 8.48. The van der Waals surface area contributed by atoms with Crippen LogP contribution in [-0.4, -0.2) is 48.1 Å². The first kappa shape index (κ1) is 25.5. The molecule has 2 aromatic carbocycles. The van der Waals surface area contributed by atoms with E-state index in [4.69, 9.17) is 9.53 Å². The summed E-state index contributed by atoms with van der Waals surface area (Å²) in [6.07, 6.45) is 1.68. The summed E-state index contributed by atoms with van der Waals surface area (Å²) in [4.78, 5) is 23.9. The second-order valence-electron chi connectivity index (χ2n) is 12.0. The van der Waals surface area contributed by atoms with Crippen molar-refractivity contribution in [2.24, 2.45) is 16.5 Å². The van der Waals surface area contributed by atoms with Gasteiger partial charge in [0.15, 0.2) is 5.84 Å². The van der Waals surface area contributed by atoms with Crippen molar-refractivity contribution < 1.29 is 24.3 Å². The van der Waals surface area contributed by atoms with Gasteiger partial charge in [-0.2, -0.15) is 0 Å². The van der Waals surface area contributed by atoms with E-state index in [0.29, 0.717) is 32.1 Å². The van der Waals surface area contributed by atoms with Gasteiger partial charge in [0.05, 0.1) is 5.41 Å². The van der Waals surface area contributed by atoms with Crippen LogP contribution in [0.25, 0.3) is 0 Å². The molecule has 0 heterocycles. The molecule has 4 saturated carbocycles. The molecule has 2 aromatic rings. The molecular formula is C28H35N3O5Si. The summed E-state index contributed by atoms with van der Waals surface area (Å²) in [5.41, 5.74) is -1.03. The summed E-state index contributed by atoms with van der Waals surface area (Å²) in [7, 11) is -2.68. The molecule has 0 unspecified atom stereocenters. The van der Waals surface area contributed by atoms with Crippen molar-refractivity contribution in [1.82, 2.24) is 10.6 Å². The van der Waals surface area contributed by atoms with Gasteiger partial charge in [0, 0.05) is 17.6 Å². The number of hydrogen-bond acceptors (Lipinski definition) is 5. The van der Waals surface area contributed by atoms with Crippen LogP contribution in [0, 0.1) is 11.3 Å². The maximum Gasteiger partial charge on any atom is 0.405 e. The summed E-state index contributed by atoms with van der Waals surface area (Å²) in [6, 6.07) is 20.9. The molecule has 0 radical (unpaired) electrons. The van der Waals surface area contributed by atoms with E-state index in [2.05, 4.69) is 85.1 Å². The van der Waals surface area contributed by atoms with Crippen LogP contribution in [0.3, 0.4) is 0 Å². The largest absolute Gasteiger partial charge is 0.465 e. The third-order valence-corrected chi connectivity index (χ3v) is 13.6. The first-order valence-electron chi connectivity index (χ1n) is 12.9. The number of oxime groups is 1. The topological polar surface area (TPSA) is 120 Å². The number of benzene rings is 2. The molecule has 196 valence electrons. The minimum atomic E-state index is -2.68. The normalized spacial score (nSPS) is 28.8. The molecule has 9 heteroatoms. The molecule has 2 amide bonds. The molecule has 0 aliphatic heterocycles. The van der Waals surface area contributed by atoms with Crippen LogP contribution in [0.2, 0.25) is 5.04 Å². The Morgan fingerprint density at radius 1 is 0.973 bits per heavy atom. The van der Waals surface area contributed by atoms with E-state index < -0.39 is 25.4 Å². The van der Waals surface area contributed by atoms with Gasteiger partial charge < -0.3 is 25.4 Å². The Kier molecular flexibility index (Phi) is 6.19. The van der Waals surface area contributed by atoms with Gasteiger partial charge in [0.2, 0.25) is 5.91 Å². The zero-order valence-corrected chi connectivity index (χ0v) is 22.5. The maximum atomic E-state index is 12.9. The van der Waals surface area contributed by atoms with Gasteiger partial charge in [-0.15, -0.1) is 0 Å². The number of hydrogen-bond donors (Lipinski definition) is 4. The SMILES string of the molecule is CC(C)(C)[Si](O[C@H]1C[C@@H](C(=NO)NC(=O)C23CC(NC(=O)O)(C2)C3)C1)(c1ccccc1)c1ccccc1. The van der Waals surface area contributed by atoms with Crippen LogP contribution in [0.1, 0.15) is 52.9 Å². The van der Waals surface area contributed by atoms with E-state index in [1.54, 1.807) is 0 Å². The Hall–Kier alpha value is -3.17. The van der Waals surface area contributed by atoms with Crippen LogP contribution in [-0.2, 0) is 9.22 Å². The van der Waals surface area contributed by atoms with Gasteiger partial charge in [0.1, 0.15) is 0 Å². The fourth-order valence-electron chi connectivity index (χ4n) is 6.67. The fourth-order valence-corrected chi connectivity index (χ4v) is 11.4. The molecule has 4 N–H and O–H groups in total. The highest BCUT2D eigenvalue weighted by Gasteiger charge is 2.72. The van der Waals surface area contributed by atoms with E-state index in [9.17, 15) is 14.8 Å². The van der Waals surface area contributed by atoms with E-state index in [1.165, 1.54) is 10.4 Å². The van der Waals surface area contributed by atoms with Crippen molar-refractivity contribution in [1.29, 1.82) is 0 Å². The lowest BCUT2D eigenvalue weighted by Crippen LogP contribution is -2.78. The molecule has 4 fully saturated rings. The summed E-state index contributed by atoms with van der Waals surface area (Å²) in [5.74, 6) is -0.0152. The second-order valence-corrected chi connectivity index (χ2v) is 16.3. The minimum Gasteiger partial charge on any atom is -0.465 e. The standard InChI is InChI=1S/C28H35N3O5Si/c1-26(2,3)37(21-10-6-4-7-11-21,22-12-8-5-9-13-22)36-20-14-19(15-20)23(31-35)29-24(32)27-16-28(17-27,18-27)30-25(33)34/h4-13,19-20,30,35H,14-18H2,1-3H3,(H,33,34)(H,29,31,32)/t19-,20+,27?,28?. The Balaban J connectivity index is 1.28. The number of amides is 2. The highest BCUT2D eigenvalue weighted by Crippen LogP contribution is 2.67. The molecule has 4 aliphatic carbocycles. The number of nitrogens with zero attached hydrogens (tertiary/aromatic N) is 1. The number of carbonyl (C=O) groups is 2. The maximum absolute atomic E-state index is 12.9. The van der Waals surface area contributed by atoms with Crippen LogP contribution >= 0.6 is 0 Å². The smallest absolute Gasteiger partial charge is 0.405 e. The lowest BCUT2D eigenvalue weighted by atomic mass is 9.39. The Morgan fingerprint density at radius 3 is 1.92 bits per heavy atom. The molecule has 2 bridgehead atoms. The number of rotatable bonds is 7. The molecule has 6 rings (SSSR count). The van der Waals surface area contributed by atoms with Gasteiger partial charge >= 0.3 is 6.09 Å². The number of carbonyl (C=O) groups excluding carboxylic acids is 1. The van der Waals surface area contributed by atoms with Crippen molar-refractivity contribution in [3.8, 4) is 0 Å². The molecule has 0 spiro atoms. The first-order chi connectivity index (χ1) is 17.5. The van der Waals surface area contributed by atoms with E-state index in [-0.39, 0.29) is 28.8 Å². The quantitative estimate of drug-likeness (QED) is 0.146. The van der Waals surface area contributed by atoms with Gasteiger partial charge in [0.25, 0.3) is 8.32 Å². The summed E-state index contributed by atoms with van der Waals surface area (Å²) >= 11 is 0. The summed E-state index contributed by atoms with van der Waals surface area (Å²) < 4.78 is 7.12. The lowest BCUT2D eigenvalue weighted by molar-refractivity contribution is -0.177. The van der Waals surface area contributed by atoms with Gasteiger partial charge in [-0.05, 0) is 47.5 Å². The zero-order chi connectivity index (χ0) is 26.5. The zero-order valence-electron chi connectivity index (χ0n) is 21.5. The predicted octanol–water partition coefficient (Wildman–Crippen LogP) is 3.44. The molecule has 0 atom stereocenters. The predicted molar refractivity (Wildman–Crippen MR) is 143 cm³/mol. The minimum absolute atomic E-state index is 0.0251. The molecule has 8 nitrogen and oxygen atoms in total. The molecular weight excluding hydrogens is 486 g/mol. The van der Waals surface area contributed by atoms with Crippen molar-refractivity contribution in [2.45, 2.75) is 69.6 Å². The van der Waals surface area contributed by atoms with Crippen LogP contribution in [0.4, 0.5) is 4.79 Å². The average molecular weight is 522 g/mol. The second kappa shape index (κ2) is 8.99. The first-order valence-corrected chi connectivity index (χ1v) is 14.8. The van der Waals surface area contributed by atoms with Gasteiger partial charge in [-0.3, -0.25) is 4.79 Å². The Morgan fingerprint density at radius 2 is 1.49 bits per heavy atom. The Bertz CT molecular complexity index is 1150. The van der Waals surface area contributed by atoms with Crippen molar-refractivity contribution >= 4 is 36.5 Å². The van der Waals surface area contributed by atoms with Crippen molar-refractivity contribution in [2.75, 3.05) is 0 Å². The van der Waals surface area contributed by atoms with Gasteiger partial charge in [-0.25, -0.2) is 4.79 Å². The van der Waals surface area contributed by atoms with E-state index in [1.807, 2.05) is 12.1 Å².